The topological polar surface area (TPSA) is 115 Å². The van der Waals surface area contributed by atoms with Crippen LogP contribution in [0.2, 0.25) is 5.02 Å². The number of fused-ring (bicyclic) bond motifs is 10. The van der Waals surface area contributed by atoms with E-state index in [0.717, 1.165) is 43.6 Å². The Hall–Kier alpha value is -5.53. The molecule has 0 saturated heterocycles. The summed E-state index contributed by atoms with van der Waals surface area (Å²) in [5.41, 5.74) is 3.19. The molecule has 4 N–H and O–H groups in total. The van der Waals surface area contributed by atoms with Crippen LogP contribution in [0.15, 0.2) is 91.0 Å². The lowest BCUT2D eigenvalue weighted by Gasteiger charge is -2.12. The predicted molar refractivity (Wildman–Crippen MR) is 165 cm³/mol. The lowest BCUT2D eigenvalue weighted by atomic mass is 10.0. The summed E-state index contributed by atoms with van der Waals surface area (Å²) in [6.07, 6.45) is 0. The average Bonchev–Trinajstić information content (AvgIpc) is 3.55. The van der Waals surface area contributed by atoms with E-state index in [1.807, 2.05) is 60.7 Å². The zero-order valence-electron chi connectivity index (χ0n) is 21.7. The van der Waals surface area contributed by atoms with E-state index in [-0.39, 0.29) is 22.6 Å². The van der Waals surface area contributed by atoms with Gasteiger partial charge in [0.1, 0.15) is 22.6 Å². The number of benzene rings is 6. The number of esters is 1. The van der Waals surface area contributed by atoms with Crippen LogP contribution in [0.1, 0.15) is 20.7 Å². The van der Waals surface area contributed by atoms with Crippen molar-refractivity contribution >= 4 is 88.7 Å². The number of carbonyl (C=O) groups excluding carboxylic acids is 1. The molecule has 0 aliphatic carbocycles. The Morgan fingerprint density at radius 2 is 1.29 bits per heavy atom. The molecule has 0 saturated carbocycles. The molecule has 8 rings (SSSR count). The number of hydrogen-bond acceptors (Lipinski definition) is 4. The van der Waals surface area contributed by atoms with Crippen molar-refractivity contribution in [3.63, 3.8) is 0 Å². The van der Waals surface area contributed by atoms with Gasteiger partial charge < -0.3 is 24.9 Å². The van der Waals surface area contributed by atoms with Crippen LogP contribution < -0.4 is 4.74 Å². The molecule has 0 unspecified atom stereocenters. The minimum absolute atomic E-state index is 0.0822. The van der Waals surface area contributed by atoms with Crippen molar-refractivity contribution in [2.24, 2.45) is 0 Å². The standard InChI is InChI=1S/C34H19ClN2O5/c35-18-7-10-28-24(13-18)21-9-6-16-11-25(29(38)14-22(16)32(21)37-28)34(41)42-30-15-23-17(12-26(30)33(39)40)5-8-20-19-3-1-2-4-27(19)36-31(20)23/h1-15,36-38H,(H,39,40). The molecule has 2 aromatic heterocycles. The zero-order chi connectivity index (χ0) is 28.7. The van der Waals surface area contributed by atoms with Gasteiger partial charge in [-0.3, -0.25) is 0 Å². The Morgan fingerprint density at radius 3 is 2.02 bits per heavy atom. The predicted octanol–water partition coefficient (Wildman–Crippen LogP) is 8.54. The Morgan fingerprint density at radius 1 is 0.643 bits per heavy atom. The van der Waals surface area contributed by atoms with Crippen LogP contribution >= 0.6 is 11.6 Å². The van der Waals surface area contributed by atoms with Crippen molar-refractivity contribution in [2.45, 2.75) is 0 Å². The van der Waals surface area contributed by atoms with Crippen molar-refractivity contribution in [2.75, 3.05) is 0 Å². The second kappa shape index (κ2) is 8.73. The van der Waals surface area contributed by atoms with Gasteiger partial charge in [0.2, 0.25) is 0 Å². The van der Waals surface area contributed by atoms with Crippen molar-refractivity contribution in [1.82, 2.24) is 9.97 Å². The fourth-order valence-electron chi connectivity index (χ4n) is 5.95. The zero-order valence-corrected chi connectivity index (χ0v) is 22.4. The first-order valence-corrected chi connectivity index (χ1v) is 13.5. The lowest BCUT2D eigenvalue weighted by Crippen LogP contribution is -2.12. The maximum absolute atomic E-state index is 13.4. The molecule has 0 spiro atoms. The maximum Gasteiger partial charge on any atom is 0.347 e. The van der Waals surface area contributed by atoms with Gasteiger partial charge in [0.05, 0.1) is 11.0 Å². The number of para-hydroxylation sites is 1. The van der Waals surface area contributed by atoms with E-state index in [9.17, 15) is 19.8 Å². The minimum Gasteiger partial charge on any atom is -0.507 e. The molecule has 2 heterocycles. The Kier molecular flexibility index (Phi) is 5.05. The second-order valence-electron chi connectivity index (χ2n) is 10.3. The number of carboxylic acid groups (broad SMARTS) is 1. The molecule has 0 radical (unpaired) electrons. The Balaban J connectivity index is 1.25. The quantitative estimate of drug-likeness (QED) is 0.125. The number of rotatable bonds is 3. The van der Waals surface area contributed by atoms with Gasteiger partial charge in [0, 0.05) is 48.4 Å². The second-order valence-corrected chi connectivity index (χ2v) is 10.8. The van der Waals surface area contributed by atoms with E-state index >= 15 is 0 Å². The number of carbonyl (C=O) groups is 2. The van der Waals surface area contributed by atoms with Gasteiger partial charge in [0.15, 0.2) is 0 Å². The number of phenols is 1. The molecule has 202 valence electrons. The monoisotopic (exact) mass is 570 g/mol. The number of aromatic amines is 2. The summed E-state index contributed by atoms with van der Waals surface area (Å²) in [5.74, 6) is -2.51. The van der Waals surface area contributed by atoms with Gasteiger partial charge in [-0.25, -0.2) is 9.59 Å². The number of H-pyrrole nitrogens is 2. The number of aromatic carboxylic acids is 1. The third-order valence-electron chi connectivity index (χ3n) is 7.92. The highest BCUT2D eigenvalue weighted by molar-refractivity contribution is 6.32. The smallest absolute Gasteiger partial charge is 0.347 e. The van der Waals surface area contributed by atoms with Crippen molar-refractivity contribution in [3.05, 3.63) is 107 Å². The maximum atomic E-state index is 13.4. The molecule has 6 aromatic carbocycles. The summed E-state index contributed by atoms with van der Waals surface area (Å²) in [6, 6.07) is 27.1. The van der Waals surface area contributed by atoms with E-state index in [4.69, 9.17) is 16.3 Å². The van der Waals surface area contributed by atoms with Gasteiger partial charge >= 0.3 is 11.9 Å². The number of halogens is 1. The van der Waals surface area contributed by atoms with Gasteiger partial charge in [-0.2, -0.15) is 0 Å². The SMILES string of the molecule is O=C(Oc1cc2c(ccc3c4ccccc4[nH]c23)cc1C(=O)O)c1cc2ccc3c4cc(Cl)ccc4[nH]c3c2cc1O. The van der Waals surface area contributed by atoms with Crippen LogP contribution in [0, 0.1) is 0 Å². The van der Waals surface area contributed by atoms with E-state index < -0.39 is 11.9 Å². The normalized spacial score (nSPS) is 11.8. The molecular weight excluding hydrogens is 552 g/mol. The highest BCUT2D eigenvalue weighted by atomic mass is 35.5. The third kappa shape index (κ3) is 3.54. The summed E-state index contributed by atoms with van der Waals surface area (Å²) < 4.78 is 5.69. The highest BCUT2D eigenvalue weighted by Crippen LogP contribution is 2.38. The van der Waals surface area contributed by atoms with Crippen molar-refractivity contribution in [1.29, 1.82) is 0 Å². The molecule has 0 amide bonds. The first kappa shape index (κ1) is 24.3. The number of phenolic OH excluding ortho intramolecular Hbond substituents is 1. The van der Waals surface area contributed by atoms with Crippen LogP contribution in [0.5, 0.6) is 11.5 Å². The number of nitrogens with one attached hydrogen (secondary N) is 2. The van der Waals surface area contributed by atoms with Gasteiger partial charge in [-0.1, -0.05) is 54.1 Å². The van der Waals surface area contributed by atoms with E-state index in [2.05, 4.69) is 9.97 Å². The van der Waals surface area contributed by atoms with E-state index in [1.54, 1.807) is 18.2 Å². The minimum atomic E-state index is -1.24. The molecule has 0 aliphatic heterocycles. The molecule has 0 aliphatic rings. The third-order valence-corrected chi connectivity index (χ3v) is 8.15. The fraction of sp³-hybridized carbons (Fsp3) is 0. The Bertz CT molecular complexity index is 2470. The van der Waals surface area contributed by atoms with Gasteiger partial charge in [0.25, 0.3) is 0 Å². The van der Waals surface area contributed by atoms with Crippen LogP contribution in [-0.4, -0.2) is 32.1 Å². The summed E-state index contributed by atoms with van der Waals surface area (Å²) >= 11 is 6.21. The molecule has 8 heteroatoms. The average molecular weight is 571 g/mol. The summed E-state index contributed by atoms with van der Waals surface area (Å²) in [4.78, 5) is 32.4. The Labute approximate surface area is 241 Å². The van der Waals surface area contributed by atoms with Crippen molar-refractivity contribution < 1.29 is 24.5 Å². The molecule has 42 heavy (non-hydrogen) atoms. The summed E-state index contributed by atoms with van der Waals surface area (Å²) in [7, 11) is 0. The lowest BCUT2D eigenvalue weighted by molar-refractivity contribution is 0.0681. The van der Waals surface area contributed by atoms with Crippen LogP contribution in [-0.2, 0) is 0 Å². The first-order valence-electron chi connectivity index (χ1n) is 13.1. The van der Waals surface area contributed by atoms with Crippen LogP contribution in [0.3, 0.4) is 0 Å². The number of carboxylic acids is 1. The molecule has 0 bridgehead atoms. The number of aromatic hydroxyl groups is 1. The van der Waals surface area contributed by atoms with E-state index in [1.165, 1.54) is 12.1 Å². The van der Waals surface area contributed by atoms with Crippen LogP contribution in [0.25, 0.3) is 65.2 Å². The molecule has 0 atom stereocenters. The first-order chi connectivity index (χ1) is 20.4. The molecular formula is C34H19ClN2O5. The van der Waals surface area contributed by atoms with Gasteiger partial charge in [-0.15, -0.1) is 0 Å². The molecule has 7 nitrogen and oxygen atoms in total. The number of hydrogen-bond donors (Lipinski definition) is 4. The number of aromatic nitrogens is 2. The van der Waals surface area contributed by atoms with Crippen molar-refractivity contribution in [3.8, 4) is 11.5 Å². The summed E-state index contributed by atoms with van der Waals surface area (Å²) in [5, 5.41) is 28.2. The largest absolute Gasteiger partial charge is 0.507 e. The van der Waals surface area contributed by atoms with Crippen LogP contribution in [0.4, 0.5) is 0 Å². The van der Waals surface area contributed by atoms with E-state index in [0.29, 0.717) is 26.6 Å². The molecule has 0 fully saturated rings. The highest BCUT2D eigenvalue weighted by Gasteiger charge is 2.22. The summed E-state index contributed by atoms with van der Waals surface area (Å²) in [6.45, 7) is 0. The van der Waals surface area contributed by atoms with Gasteiger partial charge in [-0.05, 0) is 59.3 Å². The molecule has 8 aromatic rings. The number of ether oxygens (including phenoxy) is 1. The fourth-order valence-corrected chi connectivity index (χ4v) is 6.12.